The van der Waals surface area contributed by atoms with Crippen LogP contribution in [0.2, 0.25) is 5.02 Å². The highest BCUT2D eigenvalue weighted by Crippen LogP contribution is 2.22. The fourth-order valence-corrected chi connectivity index (χ4v) is 2.05. The summed E-state index contributed by atoms with van der Waals surface area (Å²) in [7, 11) is 0. The molecule has 2 unspecified atom stereocenters. The maximum absolute atomic E-state index is 11.6. The smallest absolute Gasteiger partial charge is 0.234 e. The van der Waals surface area contributed by atoms with Crippen LogP contribution in [-0.4, -0.2) is 28.1 Å². The summed E-state index contributed by atoms with van der Waals surface area (Å²) >= 11 is 7.18. The van der Waals surface area contributed by atoms with Crippen LogP contribution in [0.15, 0.2) is 18.2 Å². The molecule has 1 aromatic rings. The summed E-state index contributed by atoms with van der Waals surface area (Å²) in [5, 5.41) is 12.5. The molecule has 0 spiro atoms. The van der Waals surface area contributed by atoms with Crippen molar-refractivity contribution in [3.05, 3.63) is 23.2 Å². The maximum atomic E-state index is 11.6. The Balaban J connectivity index is 2.47. The molecule has 6 heteroatoms. The van der Waals surface area contributed by atoms with Crippen molar-refractivity contribution in [1.29, 1.82) is 0 Å². The number of carbonyl (C=O) groups is 1. The molecule has 1 amide bonds. The second-order valence-electron chi connectivity index (χ2n) is 4.04. The molecule has 0 saturated heterocycles. The third-order valence-corrected chi connectivity index (χ3v) is 4.13. The molecule has 2 atom stereocenters. The van der Waals surface area contributed by atoms with Crippen molar-refractivity contribution >= 4 is 40.6 Å². The Hall–Kier alpha value is -0.910. The van der Waals surface area contributed by atoms with Crippen LogP contribution in [0.4, 0.5) is 11.4 Å². The molecule has 0 aromatic heterocycles. The van der Waals surface area contributed by atoms with Gasteiger partial charge in [-0.25, -0.2) is 0 Å². The summed E-state index contributed by atoms with van der Waals surface area (Å²) in [4.78, 5) is 11.6. The van der Waals surface area contributed by atoms with Gasteiger partial charge in [-0.2, -0.15) is 0 Å². The lowest BCUT2D eigenvalue weighted by Crippen LogP contribution is -2.20. The van der Waals surface area contributed by atoms with E-state index in [9.17, 15) is 9.90 Å². The summed E-state index contributed by atoms with van der Waals surface area (Å²) in [6.07, 6.45) is -0.436. The molecule has 0 heterocycles. The SMILES string of the molecule is CC(O)C(C)SCC(=O)Nc1ccc(Cl)c(N)c1. The highest BCUT2D eigenvalue weighted by molar-refractivity contribution is 8.00. The van der Waals surface area contributed by atoms with Crippen molar-refractivity contribution in [3.8, 4) is 0 Å². The fraction of sp³-hybridized carbons (Fsp3) is 0.417. The summed E-state index contributed by atoms with van der Waals surface area (Å²) in [5.41, 5.74) is 6.68. The molecule has 18 heavy (non-hydrogen) atoms. The van der Waals surface area contributed by atoms with Crippen molar-refractivity contribution in [2.24, 2.45) is 0 Å². The molecule has 0 aliphatic carbocycles. The average Bonchev–Trinajstić information content (AvgIpc) is 2.30. The summed E-state index contributed by atoms with van der Waals surface area (Å²) < 4.78 is 0. The van der Waals surface area contributed by atoms with Crippen LogP contribution in [0.5, 0.6) is 0 Å². The van der Waals surface area contributed by atoms with Gasteiger partial charge in [0.15, 0.2) is 0 Å². The summed E-state index contributed by atoms with van der Waals surface area (Å²) in [6, 6.07) is 4.94. The molecule has 1 rings (SSSR count). The second kappa shape index (κ2) is 6.87. The van der Waals surface area contributed by atoms with Gasteiger partial charge in [0.05, 0.1) is 22.6 Å². The van der Waals surface area contributed by atoms with E-state index in [0.717, 1.165) is 0 Å². The number of anilines is 2. The van der Waals surface area contributed by atoms with Crippen LogP contribution in [-0.2, 0) is 4.79 Å². The Morgan fingerprint density at radius 2 is 2.22 bits per heavy atom. The lowest BCUT2D eigenvalue weighted by molar-refractivity contribution is -0.113. The Bertz CT molecular complexity index is 427. The molecule has 0 aliphatic rings. The lowest BCUT2D eigenvalue weighted by atomic mass is 10.3. The monoisotopic (exact) mass is 288 g/mol. The molecule has 0 radical (unpaired) electrons. The summed E-state index contributed by atoms with van der Waals surface area (Å²) in [5.74, 6) is 0.156. The Morgan fingerprint density at radius 3 is 2.78 bits per heavy atom. The van der Waals surface area contributed by atoms with Crippen molar-refractivity contribution < 1.29 is 9.90 Å². The van der Waals surface area contributed by atoms with E-state index < -0.39 is 6.10 Å². The number of hydrogen-bond donors (Lipinski definition) is 3. The van der Waals surface area contributed by atoms with Crippen molar-refractivity contribution in [2.45, 2.75) is 25.2 Å². The molecule has 4 nitrogen and oxygen atoms in total. The van der Waals surface area contributed by atoms with E-state index in [4.69, 9.17) is 17.3 Å². The zero-order valence-electron chi connectivity index (χ0n) is 10.3. The van der Waals surface area contributed by atoms with Crippen molar-refractivity contribution in [1.82, 2.24) is 0 Å². The Labute approximate surface area is 116 Å². The first kappa shape index (κ1) is 15.1. The largest absolute Gasteiger partial charge is 0.397 e. The minimum Gasteiger partial charge on any atom is -0.397 e. The number of aliphatic hydroxyl groups excluding tert-OH is 1. The van der Waals surface area contributed by atoms with Gasteiger partial charge in [0.25, 0.3) is 0 Å². The predicted octanol–water partition coefficient (Wildman–Crippen LogP) is 2.36. The number of nitrogen functional groups attached to an aromatic ring is 1. The number of aliphatic hydroxyl groups is 1. The van der Waals surface area contributed by atoms with Gasteiger partial charge in [-0.3, -0.25) is 4.79 Å². The third-order valence-electron chi connectivity index (χ3n) is 2.44. The van der Waals surface area contributed by atoms with Gasteiger partial charge in [-0.05, 0) is 25.1 Å². The van der Waals surface area contributed by atoms with Gasteiger partial charge in [0.1, 0.15) is 0 Å². The van der Waals surface area contributed by atoms with E-state index in [1.165, 1.54) is 11.8 Å². The maximum Gasteiger partial charge on any atom is 0.234 e. The molecule has 0 fully saturated rings. The van der Waals surface area contributed by atoms with Crippen LogP contribution in [0.1, 0.15) is 13.8 Å². The molecule has 0 bridgehead atoms. The first-order chi connectivity index (χ1) is 8.40. The third kappa shape index (κ3) is 4.76. The van der Waals surface area contributed by atoms with E-state index in [-0.39, 0.29) is 16.9 Å². The predicted molar refractivity (Wildman–Crippen MR) is 78.1 cm³/mol. The van der Waals surface area contributed by atoms with Gasteiger partial charge in [-0.1, -0.05) is 18.5 Å². The van der Waals surface area contributed by atoms with Crippen LogP contribution in [0, 0.1) is 0 Å². The number of nitrogens with one attached hydrogen (secondary N) is 1. The van der Waals surface area contributed by atoms with Crippen LogP contribution in [0.3, 0.4) is 0 Å². The van der Waals surface area contributed by atoms with Gasteiger partial charge in [-0.15, -0.1) is 11.8 Å². The molecule has 4 N–H and O–H groups in total. The van der Waals surface area contributed by atoms with Crippen LogP contribution >= 0.6 is 23.4 Å². The number of amides is 1. The van der Waals surface area contributed by atoms with Crippen LogP contribution < -0.4 is 11.1 Å². The highest BCUT2D eigenvalue weighted by Gasteiger charge is 2.12. The second-order valence-corrected chi connectivity index (χ2v) is 5.81. The van der Waals surface area contributed by atoms with E-state index in [0.29, 0.717) is 16.4 Å². The van der Waals surface area contributed by atoms with E-state index in [1.54, 1.807) is 25.1 Å². The molecule has 100 valence electrons. The van der Waals surface area contributed by atoms with Gasteiger partial charge in [0, 0.05) is 10.9 Å². The zero-order chi connectivity index (χ0) is 13.7. The number of benzene rings is 1. The average molecular weight is 289 g/mol. The fourth-order valence-electron chi connectivity index (χ4n) is 1.16. The zero-order valence-corrected chi connectivity index (χ0v) is 11.9. The van der Waals surface area contributed by atoms with Crippen LogP contribution in [0.25, 0.3) is 0 Å². The van der Waals surface area contributed by atoms with Gasteiger partial charge >= 0.3 is 0 Å². The Kier molecular flexibility index (Phi) is 5.78. The van der Waals surface area contributed by atoms with Gasteiger partial charge in [0.2, 0.25) is 5.91 Å². The lowest BCUT2D eigenvalue weighted by Gasteiger charge is -2.13. The van der Waals surface area contributed by atoms with E-state index >= 15 is 0 Å². The van der Waals surface area contributed by atoms with Gasteiger partial charge < -0.3 is 16.2 Å². The number of nitrogens with two attached hydrogens (primary N) is 1. The summed E-state index contributed by atoms with van der Waals surface area (Å²) in [6.45, 7) is 3.58. The number of hydrogen-bond acceptors (Lipinski definition) is 4. The number of halogens is 1. The minimum atomic E-state index is -0.436. The van der Waals surface area contributed by atoms with Crippen molar-refractivity contribution in [2.75, 3.05) is 16.8 Å². The van der Waals surface area contributed by atoms with E-state index in [1.807, 2.05) is 6.92 Å². The minimum absolute atomic E-state index is 0.0195. The number of carbonyl (C=O) groups excluding carboxylic acids is 1. The standard InChI is InChI=1S/C12H17ClN2O2S/c1-7(16)8(2)18-6-12(17)15-9-3-4-10(13)11(14)5-9/h3-5,7-8,16H,6,14H2,1-2H3,(H,15,17). The first-order valence-electron chi connectivity index (χ1n) is 5.54. The first-order valence-corrected chi connectivity index (χ1v) is 6.97. The highest BCUT2D eigenvalue weighted by atomic mass is 35.5. The Morgan fingerprint density at radius 1 is 1.56 bits per heavy atom. The van der Waals surface area contributed by atoms with E-state index in [2.05, 4.69) is 5.32 Å². The number of thioether (sulfide) groups is 1. The molecule has 0 saturated carbocycles. The molecule has 0 aliphatic heterocycles. The normalized spacial score (nSPS) is 14.0. The topological polar surface area (TPSA) is 75.3 Å². The molecular weight excluding hydrogens is 272 g/mol. The number of rotatable bonds is 5. The quantitative estimate of drug-likeness (QED) is 0.727. The molecule has 1 aromatic carbocycles. The molecular formula is C12H17ClN2O2S. The van der Waals surface area contributed by atoms with Crippen molar-refractivity contribution in [3.63, 3.8) is 0 Å².